The zero-order valence-electron chi connectivity index (χ0n) is 23.1. The van der Waals surface area contributed by atoms with Gasteiger partial charge in [0.2, 0.25) is 5.88 Å². The maximum Gasteiger partial charge on any atom is 0.307 e. The molecular weight excluding hydrogens is 590 g/mol. The third kappa shape index (κ3) is 6.30. The first-order chi connectivity index (χ1) is 21.2. The van der Waals surface area contributed by atoms with Crippen LogP contribution in [0.2, 0.25) is 0 Å². The second kappa shape index (κ2) is 12.0. The molecule has 0 aliphatic carbocycles. The number of anilines is 1. The molecule has 6 aromatic rings. The van der Waals surface area contributed by atoms with Gasteiger partial charge >= 0.3 is 4.87 Å². The molecule has 2 aromatic heterocycles. The molecule has 2 heterocycles. The van der Waals surface area contributed by atoms with Gasteiger partial charge in [0, 0.05) is 31.3 Å². The van der Waals surface area contributed by atoms with Gasteiger partial charge in [-0.1, -0.05) is 23.5 Å². The maximum absolute atomic E-state index is 13.9. The SMILES string of the molecule is Cn1c(COc2ccc(Cc3sc(=O)[nH]c3O)cc2)nc2ccc(Oc3ccc(NC(=O)c4ccc(F)cc4F)cc3)cc21. The van der Waals surface area contributed by atoms with Crippen LogP contribution in [-0.2, 0) is 20.1 Å². The number of fused-ring (bicyclic) bond motifs is 1. The molecule has 44 heavy (non-hydrogen) atoms. The number of imidazole rings is 1. The number of carbonyl (C=O) groups is 1. The Kier molecular flexibility index (Phi) is 7.82. The normalized spacial score (nSPS) is 11.1. The van der Waals surface area contributed by atoms with Crippen molar-refractivity contribution in [3.05, 3.63) is 128 Å². The van der Waals surface area contributed by atoms with Crippen molar-refractivity contribution in [3.8, 4) is 23.1 Å². The van der Waals surface area contributed by atoms with Gasteiger partial charge in [-0.25, -0.2) is 13.8 Å². The number of aromatic amines is 1. The van der Waals surface area contributed by atoms with Gasteiger partial charge in [0.1, 0.15) is 41.3 Å². The van der Waals surface area contributed by atoms with Crippen LogP contribution in [0.25, 0.3) is 11.0 Å². The summed E-state index contributed by atoms with van der Waals surface area (Å²) >= 11 is 0.983. The van der Waals surface area contributed by atoms with Crippen molar-refractivity contribution >= 4 is 34.0 Å². The van der Waals surface area contributed by atoms with E-state index in [2.05, 4.69) is 15.3 Å². The van der Waals surface area contributed by atoms with Gasteiger partial charge in [-0.2, -0.15) is 0 Å². The Morgan fingerprint density at radius 1 is 0.977 bits per heavy atom. The third-order valence-electron chi connectivity index (χ3n) is 6.83. The predicted octanol–water partition coefficient (Wildman–Crippen LogP) is 6.52. The molecule has 9 nitrogen and oxygen atoms in total. The number of amides is 1. The second-order valence-corrected chi connectivity index (χ2v) is 10.9. The van der Waals surface area contributed by atoms with Crippen molar-refractivity contribution in [2.75, 3.05) is 5.32 Å². The standard InChI is InChI=1S/C32H24F2N4O5S/c1-38-27-16-23(43-22-9-5-20(6-10-22)35-30(39)24-12-4-19(33)15-25(24)34)11-13-26(27)36-29(38)17-42-21-7-2-18(3-8-21)14-28-31(40)37-32(41)44-28/h2-13,15-16,40H,14,17H2,1H3,(H,35,39)(H,37,41). The number of thiazole rings is 1. The maximum atomic E-state index is 13.9. The topological polar surface area (TPSA) is 118 Å². The van der Waals surface area contributed by atoms with E-state index in [1.807, 2.05) is 48.0 Å². The summed E-state index contributed by atoms with van der Waals surface area (Å²) in [4.78, 5) is 31.1. The van der Waals surface area contributed by atoms with Crippen LogP contribution >= 0.6 is 11.3 Å². The fraction of sp³-hybridized carbons (Fsp3) is 0.0938. The molecule has 0 aliphatic rings. The highest BCUT2D eigenvalue weighted by molar-refractivity contribution is 7.09. The number of aromatic hydroxyl groups is 1. The fourth-order valence-electron chi connectivity index (χ4n) is 4.54. The lowest BCUT2D eigenvalue weighted by Crippen LogP contribution is -2.13. The van der Waals surface area contributed by atoms with Crippen LogP contribution in [0.15, 0.2) is 89.7 Å². The number of aromatic nitrogens is 3. The minimum atomic E-state index is -0.940. The lowest BCUT2D eigenvalue weighted by atomic mass is 10.1. The lowest BCUT2D eigenvalue weighted by Gasteiger charge is -2.09. The number of halogens is 2. The number of nitrogens with zero attached hydrogens (tertiary/aromatic N) is 2. The number of H-pyrrole nitrogens is 1. The minimum absolute atomic E-state index is 0.0996. The number of hydrogen-bond donors (Lipinski definition) is 3. The first-order valence-corrected chi connectivity index (χ1v) is 14.2. The van der Waals surface area contributed by atoms with Crippen LogP contribution in [0.3, 0.4) is 0 Å². The fourth-order valence-corrected chi connectivity index (χ4v) is 5.29. The van der Waals surface area contributed by atoms with Crippen molar-refractivity contribution in [2.45, 2.75) is 13.0 Å². The highest BCUT2D eigenvalue weighted by Gasteiger charge is 2.14. The Morgan fingerprint density at radius 2 is 1.70 bits per heavy atom. The van der Waals surface area contributed by atoms with Crippen LogP contribution in [0.1, 0.15) is 26.6 Å². The zero-order valence-corrected chi connectivity index (χ0v) is 24.0. The summed E-state index contributed by atoms with van der Waals surface area (Å²) in [5.74, 6) is -0.0329. The molecular formula is C32H24F2N4O5S. The van der Waals surface area contributed by atoms with Gasteiger partial charge in [0.25, 0.3) is 5.91 Å². The number of hydrogen-bond acceptors (Lipinski definition) is 7. The molecule has 0 unspecified atom stereocenters. The molecule has 222 valence electrons. The van der Waals surface area contributed by atoms with Crippen molar-refractivity contribution < 1.29 is 28.2 Å². The molecule has 0 aliphatic heterocycles. The van der Waals surface area contributed by atoms with E-state index >= 15 is 0 Å². The van der Waals surface area contributed by atoms with Crippen molar-refractivity contribution in [1.29, 1.82) is 0 Å². The van der Waals surface area contributed by atoms with Crippen LogP contribution in [0.5, 0.6) is 23.1 Å². The summed E-state index contributed by atoms with van der Waals surface area (Å²) in [6.45, 7) is 0.232. The Bertz CT molecular complexity index is 2040. The van der Waals surface area contributed by atoms with Crippen molar-refractivity contribution in [2.24, 2.45) is 7.05 Å². The monoisotopic (exact) mass is 614 g/mol. The van der Waals surface area contributed by atoms with E-state index in [-0.39, 0.29) is 22.9 Å². The Hall–Kier alpha value is -5.49. The first-order valence-electron chi connectivity index (χ1n) is 13.3. The van der Waals surface area contributed by atoms with E-state index in [1.54, 1.807) is 30.3 Å². The zero-order chi connectivity index (χ0) is 30.8. The molecule has 0 saturated heterocycles. The van der Waals surface area contributed by atoms with Gasteiger partial charge < -0.3 is 24.5 Å². The summed E-state index contributed by atoms with van der Waals surface area (Å²) in [5.41, 5.74) is 2.70. The predicted molar refractivity (Wildman–Crippen MR) is 162 cm³/mol. The minimum Gasteiger partial charge on any atom is -0.494 e. The molecule has 1 amide bonds. The van der Waals surface area contributed by atoms with E-state index in [9.17, 15) is 23.5 Å². The van der Waals surface area contributed by atoms with Crippen LogP contribution < -0.4 is 19.7 Å². The van der Waals surface area contributed by atoms with E-state index in [4.69, 9.17) is 9.47 Å². The van der Waals surface area contributed by atoms with Crippen LogP contribution in [0.4, 0.5) is 14.5 Å². The summed E-state index contributed by atoms with van der Waals surface area (Å²) in [6.07, 6.45) is 0.435. The van der Waals surface area contributed by atoms with E-state index in [1.165, 1.54) is 0 Å². The average Bonchev–Trinajstić information content (AvgIpc) is 3.49. The van der Waals surface area contributed by atoms with Gasteiger partial charge in [-0.05, 0) is 66.2 Å². The number of nitrogens with one attached hydrogen (secondary N) is 2. The van der Waals surface area contributed by atoms with Gasteiger partial charge in [-0.15, -0.1) is 0 Å². The van der Waals surface area contributed by atoms with E-state index in [0.717, 1.165) is 40.1 Å². The third-order valence-corrected chi connectivity index (χ3v) is 7.70. The second-order valence-electron chi connectivity index (χ2n) is 9.84. The average molecular weight is 615 g/mol. The molecule has 6 rings (SSSR count). The highest BCUT2D eigenvalue weighted by atomic mass is 32.1. The Labute approximate surface area is 253 Å². The summed E-state index contributed by atoms with van der Waals surface area (Å²) in [5, 5.41) is 12.4. The quantitative estimate of drug-likeness (QED) is 0.171. The number of ether oxygens (including phenoxy) is 2. The number of carbonyl (C=O) groups excluding carboxylic acids is 1. The van der Waals surface area contributed by atoms with Crippen molar-refractivity contribution in [1.82, 2.24) is 14.5 Å². The van der Waals surface area contributed by atoms with E-state index < -0.39 is 17.5 Å². The molecule has 3 N–H and O–H groups in total. The van der Waals surface area contributed by atoms with Gasteiger partial charge in [-0.3, -0.25) is 14.6 Å². The molecule has 0 saturated carbocycles. The van der Waals surface area contributed by atoms with Gasteiger partial charge in [0.05, 0.1) is 21.5 Å². The highest BCUT2D eigenvalue weighted by Crippen LogP contribution is 2.28. The first kappa shape index (κ1) is 28.6. The molecule has 0 bridgehead atoms. The number of rotatable bonds is 9. The Morgan fingerprint density at radius 3 is 2.41 bits per heavy atom. The smallest absolute Gasteiger partial charge is 0.307 e. The van der Waals surface area contributed by atoms with Crippen LogP contribution in [-0.4, -0.2) is 25.5 Å². The van der Waals surface area contributed by atoms with E-state index in [0.29, 0.717) is 46.1 Å². The number of aryl methyl sites for hydroxylation is 1. The molecule has 4 aromatic carbocycles. The molecule has 0 fully saturated rings. The van der Waals surface area contributed by atoms with Crippen molar-refractivity contribution in [3.63, 3.8) is 0 Å². The summed E-state index contributed by atoms with van der Waals surface area (Å²) < 4.78 is 40.9. The summed E-state index contributed by atoms with van der Waals surface area (Å²) in [6, 6.07) is 22.3. The number of benzene rings is 4. The Balaban J connectivity index is 1.07. The molecule has 0 spiro atoms. The van der Waals surface area contributed by atoms with Crippen LogP contribution in [0, 0.1) is 11.6 Å². The molecule has 0 atom stereocenters. The lowest BCUT2D eigenvalue weighted by molar-refractivity contribution is 0.102. The molecule has 12 heteroatoms. The summed E-state index contributed by atoms with van der Waals surface area (Å²) in [7, 11) is 1.89. The molecule has 0 radical (unpaired) electrons. The van der Waals surface area contributed by atoms with Gasteiger partial charge in [0.15, 0.2) is 0 Å². The largest absolute Gasteiger partial charge is 0.494 e.